The summed E-state index contributed by atoms with van der Waals surface area (Å²) in [4.78, 5) is 26.6. The maximum absolute atomic E-state index is 12.0. The summed E-state index contributed by atoms with van der Waals surface area (Å²) in [6.45, 7) is 5.84. The highest BCUT2D eigenvalue weighted by Crippen LogP contribution is 2.12. The lowest BCUT2D eigenvalue weighted by atomic mass is 9.97. The van der Waals surface area contributed by atoms with Gasteiger partial charge in [0.2, 0.25) is 5.91 Å². The van der Waals surface area contributed by atoms with Crippen LogP contribution >= 0.6 is 0 Å². The number of aromatic nitrogens is 1. The molecule has 0 radical (unpaired) electrons. The van der Waals surface area contributed by atoms with Gasteiger partial charge in [-0.25, -0.2) is 0 Å². The van der Waals surface area contributed by atoms with E-state index in [4.69, 9.17) is 0 Å². The van der Waals surface area contributed by atoms with E-state index in [9.17, 15) is 9.59 Å². The minimum Gasteiger partial charge on any atom is -0.352 e. The first kappa shape index (κ1) is 13.8. The molecule has 5 nitrogen and oxygen atoms in total. The summed E-state index contributed by atoms with van der Waals surface area (Å²) in [5.74, 6) is 0.131. The first-order chi connectivity index (χ1) is 9.08. The lowest BCUT2D eigenvalue weighted by molar-refractivity contribution is -0.125. The van der Waals surface area contributed by atoms with E-state index in [0.717, 1.165) is 37.2 Å². The van der Waals surface area contributed by atoms with Crippen LogP contribution < -0.4 is 16.2 Å². The van der Waals surface area contributed by atoms with Crippen LogP contribution in [0.15, 0.2) is 10.9 Å². The lowest BCUT2D eigenvalue weighted by Crippen LogP contribution is -2.38. The molecule has 2 heterocycles. The first-order valence-electron chi connectivity index (χ1n) is 6.75. The Labute approximate surface area is 112 Å². The maximum Gasteiger partial charge on any atom is 0.253 e. The number of pyridine rings is 1. The molecule has 19 heavy (non-hydrogen) atoms. The van der Waals surface area contributed by atoms with Gasteiger partial charge in [0.05, 0.1) is 0 Å². The van der Waals surface area contributed by atoms with E-state index in [1.165, 1.54) is 0 Å². The fraction of sp³-hybridized carbons (Fsp3) is 0.571. The molecule has 0 atom stereocenters. The zero-order valence-electron chi connectivity index (χ0n) is 11.5. The van der Waals surface area contributed by atoms with Crippen molar-refractivity contribution in [1.82, 2.24) is 15.6 Å². The van der Waals surface area contributed by atoms with Crippen LogP contribution in [0.25, 0.3) is 0 Å². The van der Waals surface area contributed by atoms with Gasteiger partial charge in [-0.1, -0.05) is 0 Å². The number of rotatable bonds is 3. The molecule has 1 aromatic heterocycles. The SMILES string of the molecule is Cc1cc(C)c(CNC(=O)C2CCNCC2)c(=O)[nH]1. The Kier molecular flexibility index (Phi) is 4.37. The quantitative estimate of drug-likeness (QED) is 0.748. The summed E-state index contributed by atoms with van der Waals surface area (Å²) in [5, 5.41) is 6.12. The number of aromatic amines is 1. The molecule has 2 rings (SSSR count). The largest absolute Gasteiger partial charge is 0.352 e. The second kappa shape index (κ2) is 6.02. The summed E-state index contributed by atoms with van der Waals surface area (Å²) in [6.07, 6.45) is 1.74. The van der Waals surface area contributed by atoms with Crippen molar-refractivity contribution in [1.29, 1.82) is 0 Å². The van der Waals surface area contributed by atoms with Crippen LogP contribution in [0.1, 0.15) is 29.7 Å². The molecule has 0 aliphatic carbocycles. The molecular formula is C14H21N3O2. The first-order valence-corrected chi connectivity index (χ1v) is 6.75. The summed E-state index contributed by atoms with van der Waals surface area (Å²) in [6, 6.07) is 1.92. The highest BCUT2D eigenvalue weighted by molar-refractivity contribution is 5.78. The smallest absolute Gasteiger partial charge is 0.253 e. The number of hydrogen-bond acceptors (Lipinski definition) is 3. The molecular weight excluding hydrogens is 242 g/mol. The van der Waals surface area contributed by atoms with Gasteiger partial charge in [-0.15, -0.1) is 0 Å². The summed E-state index contributed by atoms with van der Waals surface area (Å²) >= 11 is 0. The Morgan fingerprint density at radius 1 is 1.37 bits per heavy atom. The van der Waals surface area contributed by atoms with Crippen molar-refractivity contribution in [2.24, 2.45) is 5.92 Å². The minimum absolute atomic E-state index is 0.0564. The Bertz CT molecular complexity index is 516. The zero-order valence-corrected chi connectivity index (χ0v) is 11.5. The molecule has 1 saturated heterocycles. The van der Waals surface area contributed by atoms with Crippen LogP contribution in [0, 0.1) is 19.8 Å². The normalized spacial score (nSPS) is 16.3. The second-order valence-corrected chi connectivity index (χ2v) is 5.19. The highest BCUT2D eigenvalue weighted by Gasteiger charge is 2.20. The van der Waals surface area contributed by atoms with Gasteiger partial charge in [-0.05, 0) is 51.4 Å². The van der Waals surface area contributed by atoms with E-state index in [0.29, 0.717) is 12.1 Å². The molecule has 3 N–H and O–H groups in total. The van der Waals surface area contributed by atoms with Crippen LogP contribution in [0.5, 0.6) is 0 Å². The Morgan fingerprint density at radius 3 is 2.68 bits per heavy atom. The van der Waals surface area contributed by atoms with Gasteiger partial charge < -0.3 is 15.6 Å². The maximum atomic E-state index is 12.0. The fourth-order valence-electron chi connectivity index (χ4n) is 2.51. The number of H-pyrrole nitrogens is 1. The fourth-order valence-corrected chi connectivity index (χ4v) is 2.51. The van der Waals surface area contributed by atoms with Crippen molar-refractivity contribution in [3.8, 4) is 0 Å². The van der Waals surface area contributed by atoms with Crippen molar-refractivity contribution in [2.75, 3.05) is 13.1 Å². The van der Waals surface area contributed by atoms with Crippen LogP contribution in [-0.2, 0) is 11.3 Å². The average Bonchev–Trinajstić information content (AvgIpc) is 2.38. The molecule has 0 bridgehead atoms. The summed E-state index contributed by atoms with van der Waals surface area (Å²) < 4.78 is 0. The van der Waals surface area contributed by atoms with Gasteiger partial charge in [0.1, 0.15) is 0 Å². The molecule has 1 aliphatic heterocycles. The monoisotopic (exact) mass is 263 g/mol. The highest BCUT2D eigenvalue weighted by atomic mass is 16.2. The third-order valence-corrected chi connectivity index (χ3v) is 3.64. The molecule has 1 aromatic rings. The molecule has 0 unspecified atom stereocenters. The molecule has 0 aromatic carbocycles. The predicted octanol–water partition coefficient (Wildman–Crippen LogP) is 0.608. The summed E-state index contributed by atoms with van der Waals surface area (Å²) in [5.41, 5.74) is 2.30. The molecule has 1 amide bonds. The molecule has 104 valence electrons. The molecule has 1 aliphatic rings. The van der Waals surface area contributed by atoms with Gasteiger partial charge >= 0.3 is 0 Å². The van der Waals surface area contributed by atoms with Crippen molar-refractivity contribution < 1.29 is 4.79 Å². The van der Waals surface area contributed by atoms with Crippen molar-refractivity contribution in [3.63, 3.8) is 0 Å². The zero-order chi connectivity index (χ0) is 13.8. The van der Waals surface area contributed by atoms with Crippen LogP contribution in [-0.4, -0.2) is 24.0 Å². The number of aryl methyl sites for hydroxylation is 2. The van der Waals surface area contributed by atoms with E-state index < -0.39 is 0 Å². The third kappa shape index (κ3) is 3.44. The topological polar surface area (TPSA) is 74.0 Å². The van der Waals surface area contributed by atoms with Crippen LogP contribution in [0.3, 0.4) is 0 Å². The number of carbonyl (C=O) groups excluding carboxylic acids is 1. The van der Waals surface area contributed by atoms with E-state index in [2.05, 4.69) is 15.6 Å². The lowest BCUT2D eigenvalue weighted by Gasteiger charge is -2.21. The van der Waals surface area contributed by atoms with Crippen molar-refractivity contribution >= 4 is 5.91 Å². The Morgan fingerprint density at radius 2 is 2.05 bits per heavy atom. The molecule has 0 spiro atoms. The minimum atomic E-state index is -0.108. The Balaban J connectivity index is 1.99. The van der Waals surface area contributed by atoms with Crippen molar-refractivity contribution in [3.05, 3.63) is 33.2 Å². The molecule has 1 fully saturated rings. The predicted molar refractivity (Wildman–Crippen MR) is 74.0 cm³/mol. The molecule has 0 saturated carbocycles. The van der Waals surface area contributed by atoms with Crippen LogP contribution in [0.4, 0.5) is 0 Å². The van der Waals surface area contributed by atoms with Gasteiger partial charge in [-0.2, -0.15) is 0 Å². The second-order valence-electron chi connectivity index (χ2n) is 5.19. The van der Waals surface area contributed by atoms with Gasteiger partial charge in [0.25, 0.3) is 5.56 Å². The van der Waals surface area contributed by atoms with E-state index in [1.54, 1.807) is 0 Å². The van der Waals surface area contributed by atoms with Gasteiger partial charge in [0, 0.05) is 23.7 Å². The van der Waals surface area contributed by atoms with Gasteiger partial charge in [0.15, 0.2) is 0 Å². The Hall–Kier alpha value is -1.62. The number of amides is 1. The number of hydrogen-bond donors (Lipinski definition) is 3. The van der Waals surface area contributed by atoms with Crippen LogP contribution in [0.2, 0.25) is 0 Å². The average molecular weight is 263 g/mol. The van der Waals surface area contributed by atoms with Crippen molar-refractivity contribution in [2.45, 2.75) is 33.2 Å². The molecule has 5 heteroatoms. The van der Waals surface area contributed by atoms with Gasteiger partial charge in [-0.3, -0.25) is 9.59 Å². The van der Waals surface area contributed by atoms with E-state index in [-0.39, 0.29) is 17.4 Å². The standard InChI is InChI=1S/C14H21N3O2/c1-9-7-10(2)17-14(19)12(9)8-16-13(18)11-3-5-15-6-4-11/h7,11,15H,3-6,8H2,1-2H3,(H,16,18)(H,17,19). The number of nitrogens with one attached hydrogen (secondary N) is 3. The number of carbonyl (C=O) groups is 1. The van der Waals surface area contributed by atoms with E-state index in [1.807, 2.05) is 19.9 Å². The number of piperidine rings is 1. The third-order valence-electron chi connectivity index (χ3n) is 3.64. The van der Waals surface area contributed by atoms with E-state index >= 15 is 0 Å². The summed E-state index contributed by atoms with van der Waals surface area (Å²) in [7, 11) is 0.